The number of carbonyl (C=O) groups is 1. The zero-order valence-electron chi connectivity index (χ0n) is 7.45. The molecule has 0 spiro atoms. The van der Waals surface area contributed by atoms with Crippen LogP contribution in [0.5, 0.6) is 0 Å². The van der Waals surface area contributed by atoms with Crippen LogP contribution in [0.4, 0.5) is 17.6 Å². The van der Waals surface area contributed by atoms with E-state index < -0.39 is 28.9 Å². The van der Waals surface area contributed by atoms with Crippen LogP contribution in [-0.4, -0.2) is 5.78 Å². The molecule has 0 saturated heterocycles. The van der Waals surface area contributed by atoms with Crippen LogP contribution in [0.1, 0.15) is 22.8 Å². The minimum absolute atomic E-state index is 0.0348. The highest BCUT2D eigenvalue weighted by Crippen LogP contribution is 2.34. The number of hydrogen-bond donors (Lipinski definition) is 0. The lowest BCUT2D eigenvalue weighted by atomic mass is 10.0. The molecule has 82 valence electrons. The summed E-state index contributed by atoms with van der Waals surface area (Å²) in [6.07, 6.45) is -4.72. The van der Waals surface area contributed by atoms with Crippen molar-refractivity contribution < 1.29 is 22.4 Å². The van der Waals surface area contributed by atoms with Crippen LogP contribution in [-0.2, 0) is 6.18 Å². The van der Waals surface area contributed by atoms with E-state index >= 15 is 0 Å². The minimum atomic E-state index is -4.72. The van der Waals surface area contributed by atoms with Gasteiger partial charge in [0.15, 0.2) is 5.78 Å². The van der Waals surface area contributed by atoms with Crippen LogP contribution in [0.15, 0.2) is 12.1 Å². The highest BCUT2D eigenvalue weighted by molar-refractivity contribution is 14.1. The van der Waals surface area contributed by atoms with Gasteiger partial charge >= 0.3 is 6.18 Å². The molecule has 6 heteroatoms. The summed E-state index contributed by atoms with van der Waals surface area (Å²) in [4.78, 5) is 11.0. The van der Waals surface area contributed by atoms with Gasteiger partial charge in [0.1, 0.15) is 5.82 Å². The van der Waals surface area contributed by atoms with Crippen molar-refractivity contribution in [1.29, 1.82) is 0 Å². The van der Waals surface area contributed by atoms with E-state index in [1.54, 1.807) is 0 Å². The first-order valence-corrected chi connectivity index (χ1v) is 4.88. The van der Waals surface area contributed by atoms with Gasteiger partial charge in [0.2, 0.25) is 0 Å². The van der Waals surface area contributed by atoms with Crippen LogP contribution < -0.4 is 0 Å². The van der Waals surface area contributed by atoms with Gasteiger partial charge in [-0.2, -0.15) is 13.2 Å². The second kappa shape index (κ2) is 4.07. The Morgan fingerprint density at radius 2 is 1.87 bits per heavy atom. The number of alkyl halides is 3. The maximum atomic E-state index is 12.8. The Morgan fingerprint density at radius 3 is 2.27 bits per heavy atom. The van der Waals surface area contributed by atoms with Gasteiger partial charge in [-0.1, -0.05) is 0 Å². The molecule has 15 heavy (non-hydrogen) atoms. The third-order valence-electron chi connectivity index (χ3n) is 1.71. The molecule has 1 aromatic rings. The second-order valence-electron chi connectivity index (χ2n) is 2.86. The van der Waals surface area contributed by atoms with E-state index in [2.05, 4.69) is 0 Å². The zero-order chi connectivity index (χ0) is 11.8. The van der Waals surface area contributed by atoms with E-state index in [0.717, 1.165) is 13.0 Å². The summed E-state index contributed by atoms with van der Waals surface area (Å²) in [5.41, 5.74) is -1.70. The van der Waals surface area contributed by atoms with Gasteiger partial charge in [-0.05, 0) is 41.6 Å². The average Bonchev–Trinajstić information content (AvgIpc) is 1.99. The normalized spacial score (nSPS) is 11.6. The van der Waals surface area contributed by atoms with Crippen molar-refractivity contribution in [2.24, 2.45) is 0 Å². The van der Waals surface area contributed by atoms with Gasteiger partial charge in [0.25, 0.3) is 0 Å². The summed E-state index contributed by atoms with van der Waals surface area (Å²) in [5, 5.41) is 0. The molecule has 0 unspecified atom stereocenters. The fraction of sp³-hybridized carbons (Fsp3) is 0.222. The van der Waals surface area contributed by atoms with Crippen molar-refractivity contribution in [3.8, 4) is 0 Å². The van der Waals surface area contributed by atoms with E-state index in [9.17, 15) is 22.4 Å². The molecule has 1 nitrogen and oxygen atoms in total. The van der Waals surface area contributed by atoms with Gasteiger partial charge in [0, 0.05) is 9.13 Å². The molecule has 0 aromatic heterocycles. The lowest BCUT2D eigenvalue weighted by molar-refractivity contribution is -0.138. The Bertz CT molecular complexity index is 411. The summed E-state index contributed by atoms with van der Waals surface area (Å²) < 4.78 is 50.1. The smallest absolute Gasteiger partial charge is 0.294 e. The van der Waals surface area contributed by atoms with Crippen molar-refractivity contribution in [2.45, 2.75) is 13.1 Å². The van der Waals surface area contributed by atoms with E-state index in [-0.39, 0.29) is 3.57 Å². The SMILES string of the molecule is CC(=O)c1c(I)cc(F)cc1C(F)(F)F. The second-order valence-corrected chi connectivity index (χ2v) is 4.03. The lowest BCUT2D eigenvalue weighted by Crippen LogP contribution is -2.14. The molecule has 0 N–H and O–H groups in total. The van der Waals surface area contributed by atoms with Crippen LogP contribution in [0.25, 0.3) is 0 Å². The molecule has 0 amide bonds. The number of ketones is 1. The third kappa shape index (κ3) is 2.67. The van der Waals surface area contributed by atoms with Gasteiger partial charge in [-0.15, -0.1) is 0 Å². The van der Waals surface area contributed by atoms with Crippen molar-refractivity contribution in [3.05, 3.63) is 32.6 Å². The Balaban J connectivity index is 3.54. The molecular formula is C9H5F4IO. The van der Waals surface area contributed by atoms with Crippen molar-refractivity contribution >= 4 is 28.4 Å². The van der Waals surface area contributed by atoms with Crippen LogP contribution in [0.2, 0.25) is 0 Å². The summed E-state index contributed by atoms with van der Waals surface area (Å²) in [6.45, 7) is 1.02. The molecule has 0 heterocycles. The zero-order valence-corrected chi connectivity index (χ0v) is 9.61. The number of hydrogen-bond acceptors (Lipinski definition) is 1. The standard InChI is InChI=1S/C9H5F4IO/c1-4(15)8-6(9(11,12)13)2-5(10)3-7(8)14/h2-3H,1H3. The number of carbonyl (C=O) groups excluding carboxylic acids is 1. The first kappa shape index (κ1) is 12.4. The summed E-state index contributed by atoms with van der Waals surface area (Å²) in [5.74, 6) is -1.73. The maximum absolute atomic E-state index is 12.8. The Kier molecular flexibility index (Phi) is 3.37. The molecular weight excluding hydrogens is 327 g/mol. The number of benzene rings is 1. The van der Waals surface area contributed by atoms with E-state index in [1.165, 1.54) is 22.6 Å². The molecule has 0 bridgehead atoms. The third-order valence-corrected chi connectivity index (χ3v) is 2.56. The van der Waals surface area contributed by atoms with Crippen LogP contribution >= 0.6 is 22.6 Å². The van der Waals surface area contributed by atoms with E-state index in [0.29, 0.717) is 6.07 Å². The molecule has 0 fully saturated rings. The Labute approximate surface area is 96.6 Å². The van der Waals surface area contributed by atoms with Crippen LogP contribution in [0.3, 0.4) is 0 Å². The number of halogens is 5. The minimum Gasteiger partial charge on any atom is -0.294 e. The topological polar surface area (TPSA) is 17.1 Å². The molecule has 0 saturated carbocycles. The fourth-order valence-electron chi connectivity index (χ4n) is 1.15. The summed E-state index contributed by atoms with van der Waals surface area (Å²) in [6, 6.07) is 1.23. The largest absolute Gasteiger partial charge is 0.417 e. The predicted molar refractivity (Wildman–Crippen MR) is 54.1 cm³/mol. The molecule has 0 radical (unpaired) electrons. The highest BCUT2D eigenvalue weighted by Gasteiger charge is 2.36. The van der Waals surface area contributed by atoms with Crippen molar-refractivity contribution in [1.82, 2.24) is 0 Å². The molecule has 1 rings (SSSR count). The molecule has 0 aliphatic heterocycles. The van der Waals surface area contributed by atoms with Gasteiger partial charge in [-0.3, -0.25) is 4.79 Å². The van der Waals surface area contributed by atoms with E-state index in [1.807, 2.05) is 0 Å². The van der Waals surface area contributed by atoms with Crippen molar-refractivity contribution in [3.63, 3.8) is 0 Å². The summed E-state index contributed by atoms with van der Waals surface area (Å²) in [7, 11) is 0. The van der Waals surface area contributed by atoms with E-state index in [4.69, 9.17) is 0 Å². The quantitative estimate of drug-likeness (QED) is 0.436. The van der Waals surface area contributed by atoms with Crippen LogP contribution in [0, 0.1) is 9.39 Å². The maximum Gasteiger partial charge on any atom is 0.417 e. The predicted octanol–water partition coefficient (Wildman–Crippen LogP) is 3.65. The number of Topliss-reactive ketones (excluding diaryl/α,β-unsaturated/α-hetero) is 1. The molecule has 0 aliphatic rings. The Morgan fingerprint density at radius 1 is 1.33 bits per heavy atom. The fourth-order valence-corrected chi connectivity index (χ4v) is 2.12. The molecule has 0 atom stereocenters. The lowest BCUT2D eigenvalue weighted by Gasteiger charge is -2.12. The Hall–Kier alpha value is -0.660. The van der Waals surface area contributed by atoms with Crippen molar-refractivity contribution in [2.75, 3.05) is 0 Å². The van der Waals surface area contributed by atoms with Gasteiger partial charge in [-0.25, -0.2) is 4.39 Å². The molecule has 1 aromatic carbocycles. The highest BCUT2D eigenvalue weighted by atomic mass is 127. The average molecular weight is 332 g/mol. The summed E-state index contributed by atoms with van der Waals surface area (Å²) >= 11 is 1.51. The number of rotatable bonds is 1. The first-order chi connectivity index (χ1) is 6.73. The first-order valence-electron chi connectivity index (χ1n) is 3.80. The molecule has 0 aliphatic carbocycles. The van der Waals surface area contributed by atoms with Gasteiger partial charge in [0.05, 0.1) is 5.56 Å². The monoisotopic (exact) mass is 332 g/mol. The van der Waals surface area contributed by atoms with Gasteiger partial charge < -0.3 is 0 Å².